The van der Waals surface area contributed by atoms with Crippen LogP contribution >= 0.6 is 0 Å². The topological polar surface area (TPSA) is 41.1 Å². The number of aromatic amines is 1. The van der Waals surface area contributed by atoms with Crippen LogP contribution in [0.2, 0.25) is 0 Å². The number of aromatic nitrogens is 2. The molecule has 2 heterocycles. The highest BCUT2D eigenvalue weighted by atomic mass is 19.4. The second kappa shape index (κ2) is 7.77. The maximum absolute atomic E-state index is 12.8. The number of ether oxygens (including phenoxy) is 1. The van der Waals surface area contributed by atoms with E-state index in [2.05, 4.69) is 27.0 Å². The van der Waals surface area contributed by atoms with E-state index in [0.717, 1.165) is 31.0 Å². The molecule has 1 aliphatic rings. The fourth-order valence-corrected chi connectivity index (χ4v) is 3.39. The molecule has 0 aliphatic carbocycles. The Morgan fingerprint density at radius 3 is 2.54 bits per heavy atom. The third-order valence-electron chi connectivity index (χ3n) is 4.90. The van der Waals surface area contributed by atoms with Crippen molar-refractivity contribution in [2.45, 2.75) is 18.8 Å². The van der Waals surface area contributed by atoms with E-state index in [1.54, 1.807) is 6.20 Å². The van der Waals surface area contributed by atoms with Gasteiger partial charge in [-0.15, -0.1) is 0 Å². The number of benzene rings is 2. The van der Waals surface area contributed by atoms with Crippen LogP contribution in [0, 0.1) is 0 Å². The number of alkyl halides is 3. The Kier molecular flexibility index (Phi) is 5.19. The van der Waals surface area contributed by atoms with Gasteiger partial charge in [-0.05, 0) is 23.3 Å². The first-order chi connectivity index (χ1) is 13.5. The molecular weight excluding hydrogens is 367 g/mol. The molecule has 2 aromatic carbocycles. The average molecular weight is 387 g/mol. The molecule has 7 heteroatoms. The Morgan fingerprint density at radius 1 is 1.07 bits per heavy atom. The number of H-pyrrole nitrogens is 1. The van der Waals surface area contributed by atoms with Crippen LogP contribution in [0.1, 0.15) is 23.0 Å². The molecule has 146 valence electrons. The fourth-order valence-electron chi connectivity index (χ4n) is 3.39. The van der Waals surface area contributed by atoms with Gasteiger partial charge in [-0.3, -0.25) is 4.90 Å². The number of nitrogens with zero attached hydrogens (tertiary/aromatic N) is 2. The summed E-state index contributed by atoms with van der Waals surface area (Å²) in [7, 11) is 0. The zero-order valence-corrected chi connectivity index (χ0v) is 15.1. The van der Waals surface area contributed by atoms with Crippen LogP contribution in [0.5, 0.6) is 0 Å². The van der Waals surface area contributed by atoms with Crippen molar-refractivity contribution in [1.82, 2.24) is 14.9 Å². The van der Waals surface area contributed by atoms with Gasteiger partial charge in [0, 0.05) is 13.1 Å². The highest BCUT2D eigenvalue weighted by Crippen LogP contribution is 2.31. The maximum atomic E-state index is 12.8. The number of rotatable bonds is 4. The highest BCUT2D eigenvalue weighted by molar-refractivity contribution is 5.59. The largest absolute Gasteiger partial charge is 0.416 e. The molecule has 28 heavy (non-hydrogen) atoms. The molecule has 0 amide bonds. The quantitative estimate of drug-likeness (QED) is 0.707. The minimum atomic E-state index is -4.34. The first-order valence-electron chi connectivity index (χ1n) is 9.09. The Hall–Kier alpha value is -2.64. The van der Waals surface area contributed by atoms with Crippen LogP contribution in [0.15, 0.2) is 60.8 Å². The van der Waals surface area contributed by atoms with Crippen LogP contribution in [0.25, 0.3) is 11.3 Å². The van der Waals surface area contributed by atoms with Crippen LogP contribution in [0.3, 0.4) is 0 Å². The van der Waals surface area contributed by atoms with Gasteiger partial charge >= 0.3 is 6.18 Å². The van der Waals surface area contributed by atoms with Gasteiger partial charge in [0.05, 0.1) is 36.7 Å². The van der Waals surface area contributed by atoms with Crippen molar-refractivity contribution in [3.05, 3.63) is 77.7 Å². The van der Waals surface area contributed by atoms with Crippen molar-refractivity contribution in [1.29, 1.82) is 0 Å². The molecule has 1 aliphatic heterocycles. The van der Waals surface area contributed by atoms with Crippen molar-refractivity contribution >= 4 is 0 Å². The lowest BCUT2D eigenvalue weighted by molar-refractivity contribution is -0.137. The van der Waals surface area contributed by atoms with Gasteiger partial charge in [0.25, 0.3) is 0 Å². The number of imidazole rings is 1. The van der Waals surface area contributed by atoms with Crippen LogP contribution in [-0.2, 0) is 17.5 Å². The van der Waals surface area contributed by atoms with Crippen molar-refractivity contribution in [3.8, 4) is 11.3 Å². The van der Waals surface area contributed by atoms with Gasteiger partial charge in [-0.25, -0.2) is 4.98 Å². The minimum absolute atomic E-state index is 0.0304. The Morgan fingerprint density at radius 2 is 1.82 bits per heavy atom. The van der Waals surface area contributed by atoms with E-state index in [9.17, 15) is 13.2 Å². The molecule has 0 unspecified atom stereocenters. The SMILES string of the molecule is FC(F)(F)c1ccc(-c2cnc([C@@H]3COCCN3Cc3ccccc3)[nH]2)cc1. The number of nitrogens with one attached hydrogen (secondary N) is 1. The van der Waals surface area contributed by atoms with Crippen molar-refractivity contribution in [3.63, 3.8) is 0 Å². The number of hydrogen-bond donors (Lipinski definition) is 1. The average Bonchev–Trinajstić information content (AvgIpc) is 3.19. The summed E-state index contributed by atoms with van der Waals surface area (Å²) < 4.78 is 43.9. The standard InChI is InChI=1S/C21H20F3N3O/c22-21(23,24)17-8-6-16(7-9-17)18-12-25-20(26-18)19-14-28-11-10-27(19)13-15-4-2-1-3-5-15/h1-9,12,19H,10-11,13-14H2,(H,25,26)/t19-/m0/s1. The summed E-state index contributed by atoms with van der Waals surface area (Å²) in [6.07, 6.45) is -2.68. The molecule has 1 atom stereocenters. The lowest BCUT2D eigenvalue weighted by atomic mass is 10.1. The van der Waals surface area contributed by atoms with Gasteiger partial charge in [0.15, 0.2) is 0 Å². The Balaban J connectivity index is 1.53. The summed E-state index contributed by atoms with van der Waals surface area (Å²) in [5, 5.41) is 0. The van der Waals surface area contributed by atoms with Crippen LogP contribution in [0.4, 0.5) is 13.2 Å². The maximum Gasteiger partial charge on any atom is 0.416 e. The zero-order valence-electron chi connectivity index (χ0n) is 15.1. The number of hydrogen-bond acceptors (Lipinski definition) is 3. The minimum Gasteiger partial charge on any atom is -0.378 e. The molecular formula is C21H20F3N3O. The Bertz CT molecular complexity index is 907. The van der Waals surface area contributed by atoms with Gasteiger partial charge in [-0.2, -0.15) is 13.2 Å². The summed E-state index contributed by atoms with van der Waals surface area (Å²) in [6.45, 7) is 2.75. The predicted octanol–water partition coefficient (Wildman–Crippen LogP) is 4.67. The molecule has 1 N–H and O–H groups in total. The molecule has 0 bridgehead atoms. The first-order valence-corrected chi connectivity index (χ1v) is 9.09. The normalized spacial score (nSPS) is 18.3. The van der Waals surface area contributed by atoms with Crippen molar-refractivity contribution < 1.29 is 17.9 Å². The van der Waals surface area contributed by atoms with E-state index in [0.29, 0.717) is 24.5 Å². The number of morpholine rings is 1. The third kappa shape index (κ3) is 4.10. The highest BCUT2D eigenvalue weighted by Gasteiger charge is 2.30. The second-order valence-electron chi connectivity index (χ2n) is 6.80. The zero-order chi connectivity index (χ0) is 19.6. The molecule has 3 aromatic rings. The van der Waals surface area contributed by atoms with Crippen LogP contribution in [-0.4, -0.2) is 34.6 Å². The monoisotopic (exact) mass is 387 g/mol. The molecule has 4 rings (SSSR count). The molecule has 1 fully saturated rings. The summed E-state index contributed by atoms with van der Waals surface area (Å²) >= 11 is 0. The Labute approximate surface area is 161 Å². The van der Waals surface area contributed by atoms with E-state index >= 15 is 0 Å². The molecule has 1 saturated heterocycles. The molecule has 0 saturated carbocycles. The summed E-state index contributed by atoms with van der Waals surface area (Å²) in [4.78, 5) is 10.0. The van der Waals surface area contributed by atoms with Crippen molar-refractivity contribution in [2.24, 2.45) is 0 Å². The fraction of sp³-hybridized carbons (Fsp3) is 0.286. The van der Waals surface area contributed by atoms with Crippen molar-refractivity contribution in [2.75, 3.05) is 19.8 Å². The van der Waals surface area contributed by atoms with Crippen LogP contribution < -0.4 is 0 Å². The second-order valence-corrected chi connectivity index (χ2v) is 6.80. The van der Waals surface area contributed by atoms with E-state index in [1.165, 1.54) is 17.7 Å². The van der Waals surface area contributed by atoms with Gasteiger partial charge < -0.3 is 9.72 Å². The van der Waals surface area contributed by atoms with Gasteiger partial charge in [0.1, 0.15) is 5.82 Å². The summed E-state index contributed by atoms with van der Waals surface area (Å²) in [5.74, 6) is 0.755. The summed E-state index contributed by atoms with van der Waals surface area (Å²) in [5.41, 5.74) is 1.90. The third-order valence-corrected chi connectivity index (χ3v) is 4.90. The molecule has 4 nitrogen and oxygen atoms in total. The number of halogens is 3. The lowest BCUT2D eigenvalue weighted by Crippen LogP contribution is -2.39. The molecule has 1 aromatic heterocycles. The molecule has 0 spiro atoms. The van der Waals surface area contributed by atoms with E-state index in [1.807, 2.05) is 18.2 Å². The summed E-state index contributed by atoms with van der Waals surface area (Å²) in [6, 6.07) is 15.2. The van der Waals surface area contributed by atoms with E-state index in [-0.39, 0.29) is 6.04 Å². The van der Waals surface area contributed by atoms with E-state index in [4.69, 9.17) is 4.74 Å². The molecule has 0 radical (unpaired) electrons. The van der Waals surface area contributed by atoms with E-state index < -0.39 is 11.7 Å². The smallest absolute Gasteiger partial charge is 0.378 e. The van der Waals surface area contributed by atoms with Gasteiger partial charge in [-0.1, -0.05) is 42.5 Å². The lowest BCUT2D eigenvalue weighted by Gasteiger charge is -2.34. The van der Waals surface area contributed by atoms with Gasteiger partial charge in [0.2, 0.25) is 0 Å². The predicted molar refractivity (Wildman–Crippen MR) is 99.4 cm³/mol. The first kappa shape index (κ1) is 18.7.